The first-order valence-electron chi connectivity index (χ1n) is 27.1. The first-order chi connectivity index (χ1) is 33.1. The number of carbonyl (C=O) groups excluding carboxylic acids is 4. The van der Waals surface area contributed by atoms with Crippen LogP contribution in [0, 0.1) is 13.8 Å². The highest BCUT2D eigenvalue weighted by atomic mass is 32.1. The molecule has 2 aliphatic heterocycles. The monoisotopic (exact) mass is 997 g/mol. The molecule has 6 heterocycles. The van der Waals surface area contributed by atoms with Crippen LogP contribution in [0.4, 0.5) is 0 Å². The Morgan fingerprint density at radius 2 is 0.735 bits per heavy atom. The van der Waals surface area contributed by atoms with E-state index < -0.39 is 0 Å². The van der Waals surface area contributed by atoms with E-state index >= 15 is 14.4 Å². The molecule has 0 fully saturated rings. The number of benzene rings is 1. The van der Waals surface area contributed by atoms with Crippen molar-refractivity contribution < 1.29 is 19.2 Å². The average molecular weight is 998 g/mol. The standard InChI is InChI=1S/C58H80N2O4S4/c1-7-11-15-19-23-27-31-43(32-28-24-20-16-12-8-2)59-55(61)48-40(6)66-53(49(48)56(59)62)54-51-50(52(68-54)47-38-42-37-45-41(35-39(5)65-45)36-46(42)67-47)57(63)60(58(51)64)44(33-29-25-21-17-13-9-3)34-30-26-22-18-14-10-4/h35-38,43-44H,7-34H2,1-6H3. The van der Waals surface area contributed by atoms with Crippen molar-refractivity contribution in [3.05, 3.63) is 56.3 Å². The smallest absolute Gasteiger partial charge is 0.263 e. The zero-order chi connectivity index (χ0) is 48.2. The number of rotatable bonds is 32. The molecule has 0 bridgehead atoms. The van der Waals surface area contributed by atoms with Crippen LogP contribution < -0.4 is 0 Å². The number of aryl methyl sites for hydroxylation is 2. The molecule has 0 unspecified atom stereocenters. The number of imide groups is 2. The van der Waals surface area contributed by atoms with Crippen molar-refractivity contribution >= 4 is 89.1 Å². The van der Waals surface area contributed by atoms with Crippen LogP contribution in [0.25, 0.3) is 39.7 Å². The molecule has 370 valence electrons. The Morgan fingerprint density at radius 3 is 1.19 bits per heavy atom. The van der Waals surface area contributed by atoms with Crippen molar-refractivity contribution in [2.75, 3.05) is 0 Å². The molecule has 0 saturated heterocycles. The van der Waals surface area contributed by atoms with Gasteiger partial charge in [0.05, 0.1) is 36.9 Å². The van der Waals surface area contributed by atoms with Crippen molar-refractivity contribution in [2.45, 2.75) is 233 Å². The number of hydrogen-bond acceptors (Lipinski definition) is 8. The molecule has 0 N–H and O–H groups in total. The predicted octanol–water partition coefficient (Wildman–Crippen LogP) is 19.1. The van der Waals surface area contributed by atoms with E-state index in [9.17, 15) is 4.79 Å². The molecule has 0 aliphatic carbocycles. The van der Waals surface area contributed by atoms with Crippen LogP contribution in [0.3, 0.4) is 0 Å². The molecule has 10 heteroatoms. The van der Waals surface area contributed by atoms with Gasteiger partial charge in [-0.3, -0.25) is 29.0 Å². The Labute approximate surface area is 424 Å². The van der Waals surface area contributed by atoms with Crippen molar-refractivity contribution in [2.24, 2.45) is 0 Å². The number of amides is 4. The summed E-state index contributed by atoms with van der Waals surface area (Å²) in [4.78, 5) is 69.0. The van der Waals surface area contributed by atoms with E-state index in [0.29, 0.717) is 32.0 Å². The fraction of sp³-hybridized carbons (Fsp3) is 0.621. The Hall–Kier alpha value is -3.18. The minimum absolute atomic E-state index is 0.151. The summed E-state index contributed by atoms with van der Waals surface area (Å²) in [6.45, 7) is 13.1. The zero-order valence-corrected chi connectivity index (χ0v) is 45.7. The van der Waals surface area contributed by atoms with E-state index in [2.05, 4.69) is 58.9 Å². The van der Waals surface area contributed by atoms with Gasteiger partial charge in [-0.2, -0.15) is 0 Å². The van der Waals surface area contributed by atoms with E-state index in [-0.39, 0.29) is 35.7 Å². The van der Waals surface area contributed by atoms with Crippen LogP contribution in [0.1, 0.15) is 259 Å². The summed E-state index contributed by atoms with van der Waals surface area (Å²) in [5, 5.41) is 2.35. The number of hydrogen-bond donors (Lipinski definition) is 0. The third-order valence-corrected chi connectivity index (χ3v) is 19.5. The second kappa shape index (κ2) is 25.8. The normalized spacial score (nSPS) is 13.9. The summed E-state index contributed by atoms with van der Waals surface area (Å²) < 4.78 is 2.39. The third kappa shape index (κ3) is 12.1. The molecular formula is C58H80N2O4S4. The molecule has 4 amide bonds. The Balaban J connectivity index is 1.26. The van der Waals surface area contributed by atoms with E-state index in [1.807, 2.05) is 6.92 Å². The highest BCUT2D eigenvalue weighted by Gasteiger charge is 2.49. The second-order valence-corrected chi connectivity index (χ2v) is 24.8. The summed E-state index contributed by atoms with van der Waals surface area (Å²) in [7, 11) is 0. The molecule has 0 atom stereocenters. The van der Waals surface area contributed by atoms with Crippen molar-refractivity contribution in [3.8, 4) is 19.5 Å². The van der Waals surface area contributed by atoms with Gasteiger partial charge in [0.25, 0.3) is 23.6 Å². The van der Waals surface area contributed by atoms with Crippen molar-refractivity contribution in [1.82, 2.24) is 9.80 Å². The first kappa shape index (κ1) is 52.6. The lowest BCUT2D eigenvalue weighted by molar-refractivity contribution is 0.0546. The molecule has 6 nitrogen and oxygen atoms in total. The van der Waals surface area contributed by atoms with Crippen LogP contribution in [-0.2, 0) is 0 Å². The summed E-state index contributed by atoms with van der Waals surface area (Å²) in [6, 6.07) is 8.62. The molecule has 5 aromatic rings. The van der Waals surface area contributed by atoms with Gasteiger partial charge >= 0.3 is 0 Å². The Kier molecular flexibility index (Phi) is 20.0. The molecule has 4 aromatic heterocycles. The van der Waals surface area contributed by atoms with Crippen molar-refractivity contribution in [1.29, 1.82) is 0 Å². The van der Waals surface area contributed by atoms with Gasteiger partial charge in [0.15, 0.2) is 0 Å². The Bertz CT molecular complexity index is 2400. The van der Waals surface area contributed by atoms with E-state index in [1.54, 1.807) is 32.5 Å². The summed E-state index contributed by atoms with van der Waals surface area (Å²) >= 11 is 6.41. The fourth-order valence-corrected chi connectivity index (χ4v) is 15.6. The maximum Gasteiger partial charge on any atom is 0.263 e. The SMILES string of the molecule is CCCCCCCCC(CCCCCCCC)N1C(=O)c2c(C)sc(-c3sc(-c4cc5cc6sc(C)cc6cc5s4)c4c3C(=O)N(C(CCCCCCCC)CCCCCCCC)C4=O)c2C1=O. The van der Waals surface area contributed by atoms with Crippen LogP contribution in [0.2, 0.25) is 0 Å². The third-order valence-electron chi connectivity index (χ3n) is 14.7. The number of unbranched alkanes of at least 4 members (excludes halogenated alkanes) is 20. The number of carbonyl (C=O) groups is 4. The molecule has 1 aromatic carbocycles. The van der Waals surface area contributed by atoms with Crippen LogP contribution in [0.15, 0.2) is 24.3 Å². The van der Waals surface area contributed by atoms with Gasteiger partial charge in [0.1, 0.15) is 0 Å². The van der Waals surface area contributed by atoms with Gasteiger partial charge in [0.2, 0.25) is 0 Å². The lowest BCUT2D eigenvalue weighted by Crippen LogP contribution is -2.40. The summed E-state index contributed by atoms with van der Waals surface area (Å²) in [6.07, 6.45) is 31.1. The lowest BCUT2D eigenvalue weighted by atomic mass is 9.98. The molecule has 2 aliphatic rings. The average Bonchev–Trinajstić information content (AvgIpc) is 4.17. The van der Waals surface area contributed by atoms with Gasteiger partial charge in [-0.15, -0.1) is 45.3 Å². The summed E-state index contributed by atoms with van der Waals surface area (Å²) in [5.74, 6) is -0.809. The number of thiophene rings is 4. The highest BCUT2D eigenvalue weighted by molar-refractivity contribution is 7.29. The summed E-state index contributed by atoms with van der Waals surface area (Å²) in [5.41, 5.74) is 1.89. The zero-order valence-electron chi connectivity index (χ0n) is 42.4. The van der Waals surface area contributed by atoms with Gasteiger partial charge < -0.3 is 0 Å². The van der Waals surface area contributed by atoms with Gasteiger partial charge in [-0.25, -0.2) is 0 Å². The minimum Gasteiger partial charge on any atom is -0.271 e. The predicted molar refractivity (Wildman–Crippen MR) is 294 cm³/mol. The van der Waals surface area contributed by atoms with Gasteiger partial charge in [0, 0.05) is 36.1 Å². The molecule has 7 rings (SSSR count). The van der Waals surface area contributed by atoms with Crippen LogP contribution >= 0.6 is 45.3 Å². The number of nitrogens with zero attached hydrogens (tertiary/aromatic N) is 2. The molecular weight excluding hydrogens is 917 g/mol. The quantitative estimate of drug-likeness (QED) is 0.0318. The number of fused-ring (bicyclic) bond motifs is 4. The molecule has 0 spiro atoms. The van der Waals surface area contributed by atoms with Crippen LogP contribution in [0.5, 0.6) is 0 Å². The minimum atomic E-state index is -0.223. The maximum absolute atomic E-state index is 15.4. The topological polar surface area (TPSA) is 74.8 Å². The molecule has 68 heavy (non-hydrogen) atoms. The second-order valence-electron chi connectivity index (χ2n) is 20.1. The van der Waals surface area contributed by atoms with E-state index in [4.69, 9.17) is 0 Å². The fourth-order valence-electron chi connectivity index (χ4n) is 10.9. The van der Waals surface area contributed by atoms with Crippen molar-refractivity contribution in [3.63, 3.8) is 0 Å². The Morgan fingerprint density at radius 1 is 0.382 bits per heavy atom. The molecule has 0 saturated carbocycles. The van der Waals surface area contributed by atoms with E-state index in [1.165, 1.54) is 140 Å². The van der Waals surface area contributed by atoms with E-state index in [0.717, 1.165) is 102 Å². The molecule has 0 radical (unpaired) electrons. The van der Waals surface area contributed by atoms with Gasteiger partial charge in [-0.05, 0) is 74.6 Å². The maximum atomic E-state index is 15.4. The lowest BCUT2D eigenvalue weighted by Gasteiger charge is -2.27. The first-order valence-corrected chi connectivity index (χ1v) is 30.4. The van der Waals surface area contributed by atoms with Crippen LogP contribution in [-0.4, -0.2) is 45.5 Å². The largest absolute Gasteiger partial charge is 0.271 e. The highest BCUT2D eigenvalue weighted by Crippen LogP contribution is 2.54. The van der Waals surface area contributed by atoms with Gasteiger partial charge in [-0.1, -0.05) is 182 Å².